The highest BCUT2D eigenvalue weighted by molar-refractivity contribution is 5.49. The highest BCUT2D eigenvalue weighted by Gasteiger charge is 2.21. The van der Waals surface area contributed by atoms with Crippen LogP contribution in [0, 0.1) is 0 Å². The van der Waals surface area contributed by atoms with Crippen LogP contribution in [-0.4, -0.2) is 44.0 Å². The SMILES string of the molecule is CCC(CCO)NC1CCN(c2ccc(OC)cc2)CC1. The van der Waals surface area contributed by atoms with Crippen molar-refractivity contribution < 1.29 is 9.84 Å². The van der Waals surface area contributed by atoms with Gasteiger partial charge in [0.15, 0.2) is 0 Å². The van der Waals surface area contributed by atoms with Gasteiger partial charge in [-0.3, -0.25) is 0 Å². The summed E-state index contributed by atoms with van der Waals surface area (Å²) in [5.74, 6) is 0.907. The fourth-order valence-electron chi connectivity index (χ4n) is 2.99. The number of benzene rings is 1. The molecule has 0 bridgehead atoms. The molecule has 2 rings (SSSR count). The van der Waals surface area contributed by atoms with E-state index in [1.807, 2.05) is 12.1 Å². The molecule has 1 heterocycles. The van der Waals surface area contributed by atoms with Crippen LogP contribution in [0.15, 0.2) is 24.3 Å². The van der Waals surface area contributed by atoms with Gasteiger partial charge in [0.1, 0.15) is 5.75 Å². The molecule has 0 radical (unpaired) electrons. The van der Waals surface area contributed by atoms with Crippen LogP contribution in [0.4, 0.5) is 5.69 Å². The minimum Gasteiger partial charge on any atom is -0.497 e. The number of hydrogen-bond donors (Lipinski definition) is 2. The highest BCUT2D eigenvalue weighted by Crippen LogP contribution is 2.23. The van der Waals surface area contributed by atoms with Crippen LogP contribution in [0.1, 0.15) is 32.6 Å². The Balaban J connectivity index is 1.82. The molecule has 1 atom stereocenters. The van der Waals surface area contributed by atoms with Crippen LogP contribution in [0.5, 0.6) is 5.75 Å². The number of piperidine rings is 1. The number of nitrogens with zero attached hydrogens (tertiary/aromatic N) is 1. The zero-order valence-electron chi connectivity index (χ0n) is 13.2. The number of nitrogens with one attached hydrogen (secondary N) is 1. The van der Waals surface area contributed by atoms with Crippen molar-refractivity contribution in [1.29, 1.82) is 0 Å². The van der Waals surface area contributed by atoms with Gasteiger partial charge in [0, 0.05) is 37.5 Å². The Labute approximate surface area is 128 Å². The summed E-state index contributed by atoms with van der Waals surface area (Å²) in [5.41, 5.74) is 1.27. The summed E-state index contributed by atoms with van der Waals surface area (Å²) in [6.45, 7) is 4.62. The first kappa shape index (κ1) is 16.1. The first-order chi connectivity index (χ1) is 10.3. The zero-order chi connectivity index (χ0) is 15.1. The Morgan fingerprint density at radius 2 is 1.95 bits per heavy atom. The van der Waals surface area contributed by atoms with Crippen molar-refractivity contribution in [2.75, 3.05) is 31.7 Å². The predicted octanol–water partition coefficient (Wildman–Crippen LogP) is 2.41. The maximum absolute atomic E-state index is 9.07. The molecule has 1 saturated heterocycles. The second-order valence-electron chi connectivity index (χ2n) is 5.74. The molecule has 118 valence electrons. The second kappa shape index (κ2) is 8.25. The van der Waals surface area contributed by atoms with E-state index in [0.717, 1.165) is 44.5 Å². The smallest absolute Gasteiger partial charge is 0.119 e. The molecule has 1 fully saturated rings. The number of aliphatic hydroxyl groups excluding tert-OH is 1. The zero-order valence-corrected chi connectivity index (χ0v) is 13.2. The van der Waals surface area contributed by atoms with Crippen LogP contribution in [-0.2, 0) is 0 Å². The van der Waals surface area contributed by atoms with Gasteiger partial charge in [0.05, 0.1) is 7.11 Å². The average molecular weight is 292 g/mol. The van der Waals surface area contributed by atoms with Crippen molar-refractivity contribution in [2.24, 2.45) is 0 Å². The van der Waals surface area contributed by atoms with Crippen molar-refractivity contribution in [3.05, 3.63) is 24.3 Å². The van der Waals surface area contributed by atoms with Crippen LogP contribution in [0.25, 0.3) is 0 Å². The molecule has 21 heavy (non-hydrogen) atoms. The Morgan fingerprint density at radius 3 is 2.48 bits per heavy atom. The lowest BCUT2D eigenvalue weighted by atomic mass is 10.0. The summed E-state index contributed by atoms with van der Waals surface area (Å²) in [6, 6.07) is 9.34. The van der Waals surface area contributed by atoms with Crippen LogP contribution >= 0.6 is 0 Å². The number of aliphatic hydroxyl groups is 1. The van der Waals surface area contributed by atoms with Crippen molar-refractivity contribution in [1.82, 2.24) is 5.32 Å². The molecule has 0 saturated carbocycles. The van der Waals surface area contributed by atoms with Gasteiger partial charge >= 0.3 is 0 Å². The van der Waals surface area contributed by atoms with E-state index in [1.165, 1.54) is 5.69 Å². The molecule has 4 heteroatoms. The molecule has 0 amide bonds. The van der Waals surface area contributed by atoms with Crippen LogP contribution in [0.3, 0.4) is 0 Å². The van der Waals surface area contributed by atoms with E-state index < -0.39 is 0 Å². The Kier molecular flexibility index (Phi) is 6.33. The lowest BCUT2D eigenvalue weighted by Crippen LogP contribution is -2.46. The van der Waals surface area contributed by atoms with Crippen molar-refractivity contribution in [2.45, 2.75) is 44.7 Å². The molecule has 1 aromatic rings. The first-order valence-electron chi connectivity index (χ1n) is 8.02. The summed E-state index contributed by atoms with van der Waals surface area (Å²) >= 11 is 0. The van der Waals surface area contributed by atoms with Gasteiger partial charge in [0.2, 0.25) is 0 Å². The van der Waals surface area contributed by atoms with Crippen molar-refractivity contribution in [3.8, 4) is 5.75 Å². The van der Waals surface area contributed by atoms with Gasteiger partial charge < -0.3 is 20.1 Å². The largest absolute Gasteiger partial charge is 0.497 e. The minimum atomic E-state index is 0.274. The van der Waals surface area contributed by atoms with Gasteiger partial charge in [0.25, 0.3) is 0 Å². The minimum absolute atomic E-state index is 0.274. The molecule has 1 aliphatic rings. The van der Waals surface area contributed by atoms with Gasteiger partial charge in [-0.25, -0.2) is 0 Å². The molecule has 1 aromatic carbocycles. The molecule has 1 unspecified atom stereocenters. The number of ether oxygens (including phenoxy) is 1. The third-order valence-electron chi connectivity index (χ3n) is 4.37. The van der Waals surface area contributed by atoms with E-state index in [1.54, 1.807) is 7.11 Å². The van der Waals surface area contributed by atoms with E-state index >= 15 is 0 Å². The molecule has 0 aromatic heterocycles. The molecular weight excluding hydrogens is 264 g/mol. The van der Waals surface area contributed by atoms with E-state index in [2.05, 4.69) is 29.3 Å². The van der Waals surface area contributed by atoms with Gasteiger partial charge in [-0.1, -0.05) is 6.92 Å². The molecule has 2 N–H and O–H groups in total. The number of rotatable bonds is 7. The molecule has 0 aliphatic carbocycles. The summed E-state index contributed by atoms with van der Waals surface area (Å²) in [6.07, 6.45) is 4.26. The number of hydrogen-bond acceptors (Lipinski definition) is 4. The molecule has 1 aliphatic heterocycles. The number of anilines is 1. The highest BCUT2D eigenvalue weighted by atomic mass is 16.5. The second-order valence-corrected chi connectivity index (χ2v) is 5.74. The van der Waals surface area contributed by atoms with E-state index in [0.29, 0.717) is 12.1 Å². The average Bonchev–Trinajstić information content (AvgIpc) is 2.55. The normalized spacial score (nSPS) is 17.8. The lowest BCUT2D eigenvalue weighted by molar-refractivity contribution is 0.249. The molecular formula is C17H28N2O2. The Bertz CT molecular complexity index is 400. The Hall–Kier alpha value is -1.26. The van der Waals surface area contributed by atoms with E-state index in [4.69, 9.17) is 9.84 Å². The maximum atomic E-state index is 9.07. The van der Waals surface area contributed by atoms with Crippen molar-refractivity contribution >= 4 is 5.69 Å². The summed E-state index contributed by atoms with van der Waals surface area (Å²) in [7, 11) is 1.70. The fourth-order valence-corrected chi connectivity index (χ4v) is 2.99. The summed E-state index contributed by atoms with van der Waals surface area (Å²) in [5, 5.41) is 12.8. The topological polar surface area (TPSA) is 44.7 Å². The maximum Gasteiger partial charge on any atom is 0.119 e. The third kappa shape index (κ3) is 4.61. The van der Waals surface area contributed by atoms with Gasteiger partial charge in [-0.05, 0) is 49.9 Å². The summed E-state index contributed by atoms with van der Waals surface area (Å²) < 4.78 is 5.20. The van der Waals surface area contributed by atoms with E-state index in [9.17, 15) is 0 Å². The van der Waals surface area contributed by atoms with Gasteiger partial charge in [-0.2, -0.15) is 0 Å². The summed E-state index contributed by atoms with van der Waals surface area (Å²) in [4.78, 5) is 2.44. The van der Waals surface area contributed by atoms with Gasteiger partial charge in [-0.15, -0.1) is 0 Å². The monoisotopic (exact) mass is 292 g/mol. The van der Waals surface area contributed by atoms with Crippen molar-refractivity contribution in [3.63, 3.8) is 0 Å². The third-order valence-corrected chi connectivity index (χ3v) is 4.37. The first-order valence-corrected chi connectivity index (χ1v) is 8.02. The standard InChI is InChI=1S/C17H28N2O2/c1-3-14(10-13-20)18-15-8-11-19(12-9-15)16-4-6-17(21-2)7-5-16/h4-7,14-15,18,20H,3,8-13H2,1-2H3. The predicted molar refractivity (Wildman–Crippen MR) is 87.1 cm³/mol. The Morgan fingerprint density at radius 1 is 1.29 bits per heavy atom. The van der Waals surface area contributed by atoms with E-state index in [-0.39, 0.29) is 6.61 Å². The lowest BCUT2D eigenvalue weighted by Gasteiger charge is -2.35. The quantitative estimate of drug-likeness (QED) is 0.810. The van der Waals surface area contributed by atoms with Crippen LogP contribution < -0.4 is 15.0 Å². The molecule has 0 spiro atoms. The molecule has 4 nitrogen and oxygen atoms in total. The number of methoxy groups -OCH3 is 1. The fraction of sp³-hybridized carbons (Fsp3) is 0.647. The van der Waals surface area contributed by atoms with Crippen LogP contribution in [0.2, 0.25) is 0 Å².